The molecule has 4 rings (SSSR count). The number of ether oxygens (including phenoxy) is 1. The molecule has 2 N–H and O–H groups in total. The molecule has 1 saturated heterocycles. The Hall–Kier alpha value is -2.22. The number of amides is 2. The van der Waals surface area contributed by atoms with Gasteiger partial charge in [0, 0.05) is 30.1 Å². The molecule has 6 nitrogen and oxygen atoms in total. The molecule has 7 heteroatoms. The van der Waals surface area contributed by atoms with E-state index in [-0.39, 0.29) is 11.8 Å². The maximum Gasteiger partial charge on any atom is 0.279 e. The fraction of sp³-hybridized carbons (Fsp3) is 0.478. The van der Waals surface area contributed by atoms with E-state index in [1.54, 1.807) is 17.4 Å². The SMILES string of the molecule is O=C(NNC(=O)c1cc2c(s1)CCCCCC2)c1cccc(CN2CCOCC2)c1. The summed E-state index contributed by atoms with van der Waals surface area (Å²) in [7, 11) is 0. The van der Waals surface area contributed by atoms with Crippen molar-refractivity contribution in [2.24, 2.45) is 0 Å². The summed E-state index contributed by atoms with van der Waals surface area (Å²) in [5, 5.41) is 0. The van der Waals surface area contributed by atoms with E-state index in [1.165, 1.54) is 36.1 Å². The number of hydrogen-bond acceptors (Lipinski definition) is 5. The second-order valence-electron chi connectivity index (χ2n) is 7.97. The third-order valence-electron chi connectivity index (χ3n) is 5.71. The minimum Gasteiger partial charge on any atom is -0.379 e. The molecule has 1 aliphatic carbocycles. The predicted octanol–water partition coefficient (Wildman–Crippen LogP) is 3.31. The molecule has 0 saturated carbocycles. The van der Waals surface area contributed by atoms with Gasteiger partial charge in [0.1, 0.15) is 0 Å². The molecule has 0 bridgehead atoms. The molecular weight excluding hydrogens is 398 g/mol. The van der Waals surface area contributed by atoms with Crippen molar-refractivity contribution in [2.45, 2.75) is 45.1 Å². The zero-order valence-electron chi connectivity index (χ0n) is 17.2. The number of carbonyl (C=O) groups is 2. The van der Waals surface area contributed by atoms with Crippen LogP contribution in [-0.4, -0.2) is 43.0 Å². The molecule has 0 radical (unpaired) electrons. The van der Waals surface area contributed by atoms with Gasteiger partial charge in [-0.15, -0.1) is 11.3 Å². The molecule has 0 spiro atoms. The van der Waals surface area contributed by atoms with Crippen LogP contribution in [0.3, 0.4) is 0 Å². The van der Waals surface area contributed by atoms with Gasteiger partial charge in [0.05, 0.1) is 18.1 Å². The largest absolute Gasteiger partial charge is 0.379 e. The van der Waals surface area contributed by atoms with Gasteiger partial charge >= 0.3 is 0 Å². The summed E-state index contributed by atoms with van der Waals surface area (Å²) in [4.78, 5) is 29.4. The predicted molar refractivity (Wildman–Crippen MR) is 118 cm³/mol. The highest BCUT2D eigenvalue weighted by Crippen LogP contribution is 2.28. The zero-order valence-corrected chi connectivity index (χ0v) is 18.1. The van der Waals surface area contributed by atoms with Crippen molar-refractivity contribution < 1.29 is 14.3 Å². The van der Waals surface area contributed by atoms with Crippen molar-refractivity contribution >= 4 is 23.2 Å². The first-order valence-corrected chi connectivity index (χ1v) is 11.6. The Morgan fingerprint density at radius 2 is 1.73 bits per heavy atom. The number of hydrogen-bond donors (Lipinski definition) is 2. The molecular formula is C23H29N3O3S. The lowest BCUT2D eigenvalue weighted by atomic mass is 10.00. The third kappa shape index (κ3) is 5.47. The number of fused-ring (bicyclic) bond motifs is 1. The molecule has 2 amide bonds. The van der Waals surface area contributed by atoms with E-state index in [0.29, 0.717) is 10.4 Å². The average Bonchev–Trinajstić information content (AvgIpc) is 3.14. The molecule has 1 fully saturated rings. The summed E-state index contributed by atoms with van der Waals surface area (Å²) < 4.78 is 5.38. The third-order valence-corrected chi connectivity index (χ3v) is 6.94. The highest BCUT2D eigenvalue weighted by molar-refractivity contribution is 7.14. The fourth-order valence-electron chi connectivity index (χ4n) is 4.03. The maximum atomic E-state index is 12.6. The zero-order chi connectivity index (χ0) is 20.8. The first-order chi connectivity index (χ1) is 14.7. The number of nitrogens with one attached hydrogen (secondary N) is 2. The van der Waals surface area contributed by atoms with Crippen LogP contribution in [0.2, 0.25) is 0 Å². The molecule has 160 valence electrons. The topological polar surface area (TPSA) is 70.7 Å². The van der Waals surface area contributed by atoms with Gasteiger partial charge in [-0.1, -0.05) is 25.0 Å². The Morgan fingerprint density at radius 3 is 2.57 bits per heavy atom. The number of rotatable bonds is 4. The van der Waals surface area contributed by atoms with Gasteiger partial charge in [-0.25, -0.2) is 0 Å². The molecule has 0 unspecified atom stereocenters. The summed E-state index contributed by atoms with van der Waals surface area (Å²) in [6.45, 7) is 4.09. The van der Waals surface area contributed by atoms with Crippen LogP contribution in [-0.2, 0) is 24.1 Å². The fourth-order valence-corrected chi connectivity index (χ4v) is 5.18. The van der Waals surface area contributed by atoms with Crippen LogP contribution in [0, 0.1) is 0 Å². The van der Waals surface area contributed by atoms with Crippen LogP contribution in [0.15, 0.2) is 30.3 Å². The van der Waals surface area contributed by atoms with E-state index in [2.05, 4.69) is 15.8 Å². The van der Waals surface area contributed by atoms with Crippen LogP contribution in [0.1, 0.15) is 61.7 Å². The smallest absolute Gasteiger partial charge is 0.279 e. The number of hydrazine groups is 1. The van der Waals surface area contributed by atoms with Crippen molar-refractivity contribution in [3.63, 3.8) is 0 Å². The number of carbonyl (C=O) groups excluding carboxylic acids is 2. The van der Waals surface area contributed by atoms with Gasteiger partial charge in [-0.2, -0.15) is 0 Å². The minimum atomic E-state index is -0.304. The van der Waals surface area contributed by atoms with Crippen LogP contribution >= 0.6 is 11.3 Å². The lowest BCUT2D eigenvalue weighted by Gasteiger charge is -2.26. The highest BCUT2D eigenvalue weighted by Gasteiger charge is 2.17. The van der Waals surface area contributed by atoms with Gasteiger partial charge in [0.25, 0.3) is 11.8 Å². The van der Waals surface area contributed by atoms with E-state index in [4.69, 9.17) is 4.74 Å². The van der Waals surface area contributed by atoms with Gasteiger partial charge in [0.15, 0.2) is 0 Å². The number of benzene rings is 1. The number of nitrogens with zero attached hydrogens (tertiary/aromatic N) is 1. The monoisotopic (exact) mass is 427 g/mol. The second kappa shape index (κ2) is 10.2. The molecule has 0 atom stereocenters. The minimum absolute atomic E-state index is 0.246. The highest BCUT2D eigenvalue weighted by atomic mass is 32.1. The van der Waals surface area contributed by atoms with E-state index in [0.717, 1.165) is 51.3 Å². The lowest BCUT2D eigenvalue weighted by Crippen LogP contribution is -2.41. The second-order valence-corrected chi connectivity index (χ2v) is 9.11. The Kier molecular flexibility index (Phi) is 7.15. The summed E-state index contributed by atoms with van der Waals surface area (Å²) in [5.41, 5.74) is 8.07. The molecule has 2 heterocycles. The molecule has 30 heavy (non-hydrogen) atoms. The first-order valence-electron chi connectivity index (χ1n) is 10.8. The quantitative estimate of drug-likeness (QED) is 0.735. The maximum absolute atomic E-state index is 12.6. The Morgan fingerprint density at radius 1 is 0.967 bits per heavy atom. The van der Waals surface area contributed by atoms with Gasteiger partial charge in [-0.3, -0.25) is 25.3 Å². The van der Waals surface area contributed by atoms with Crippen molar-refractivity contribution in [2.75, 3.05) is 26.3 Å². The van der Waals surface area contributed by atoms with Crippen molar-refractivity contribution in [1.82, 2.24) is 15.8 Å². The van der Waals surface area contributed by atoms with E-state index in [1.807, 2.05) is 24.3 Å². The molecule has 1 aromatic heterocycles. The van der Waals surface area contributed by atoms with E-state index < -0.39 is 0 Å². The van der Waals surface area contributed by atoms with Crippen LogP contribution in [0.4, 0.5) is 0 Å². The molecule has 2 aliphatic rings. The molecule has 1 aromatic carbocycles. The number of aryl methyl sites for hydroxylation is 2. The van der Waals surface area contributed by atoms with E-state index in [9.17, 15) is 9.59 Å². The van der Waals surface area contributed by atoms with Gasteiger partial charge in [0.2, 0.25) is 0 Å². The molecule has 1 aliphatic heterocycles. The Labute approximate surface area is 181 Å². The summed E-state index contributed by atoms with van der Waals surface area (Å²) in [6, 6.07) is 9.54. The summed E-state index contributed by atoms with van der Waals surface area (Å²) in [6.07, 6.45) is 6.99. The van der Waals surface area contributed by atoms with Crippen molar-refractivity contribution in [3.05, 3.63) is 56.8 Å². The van der Waals surface area contributed by atoms with Crippen LogP contribution in [0.25, 0.3) is 0 Å². The van der Waals surface area contributed by atoms with Crippen molar-refractivity contribution in [3.8, 4) is 0 Å². The van der Waals surface area contributed by atoms with Crippen LogP contribution in [0.5, 0.6) is 0 Å². The standard InChI is InChI=1S/C23H29N3O3S/c27-22(19-8-5-6-17(14-19)16-26-10-12-29-13-11-26)24-25-23(28)21-15-18-7-3-1-2-4-9-20(18)30-21/h5-6,8,14-15H,1-4,7,9-13,16H2,(H,24,27)(H,25,28). The number of thiophene rings is 1. The normalized spacial score (nSPS) is 17.5. The Bertz CT molecular complexity index is 864. The van der Waals surface area contributed by atoms with Gasteiger partial charge < -0.3 is 4.74 Å². The first kappa shape index (κ1) is 21.0. The number of morpholine rings is 1. The van der Waals surface area contributed by atoms with Crippen LogP contribution < -0.4 is 10.9 Å². The van der Waals surface area contributed by atoms with Gasteiger partial charge in [-0.05, 0) is 55.0 Å². The average molecular weight is 428 g/mol. The summed E-state index contributed by atoms with van der Waals surface area (Å²) >= 11 is 1.56. The van der Waals surface area contributed by atoms with Crippen molar-refractivity contribution in [1.29, 1.82) is 0 Å². The molecule has 2 aromatic rings. The summed E-state index contributed by atoms with van der Waals surface area (Å²) in [5.74, 6) is -0.549. The lowest BCUT2D eigenvalue weighted by molar-refractivity contribution is 0.0342. The Balaban J connectivity index is 1.33. The van der Waals surface area contributed by atoms with E-state index >= 15 is 0 Å².